The molecule has 0 bridgehead atoms. The Morgan fingerprint density at radius 1 is 1.20 bits per heavy atom. The third-order valence-electron chi connectivity index (χ3n) is 3.60. The molecule has 2 nitrogen and oxygen atoms in total. The summed E-state index contributed by atoms with van der Waals surface area (Å²) in [6.45, 7) is 7.17. The lowest BCUT2D eigenvalue weighted by molar-refractivity contribution is -0.160. The normalized spacial score (nSPS) is 18.7. The maximum Gasteiger partial charge on any atom is 0.407 e. The van der Waals surface area contributed by atoms with Gasteiger partial charge in [-0.05, 0) is 16.5 Å². The minimum absolute atomic E-state index is 0.111. The molecular weight excluding hydrogens is 265 g/mol. The fraction of sp³-hybridized carbons (Fsp3) is 0.600. The smallest absolute Gasteiger partial charge is 0.314 e. The molecule has 1 saturated heterocycles. The highest BCUT2D eigenvalue weighted by atomic mass is 19.4. The predicted molar refractivity (Wildman–Crippen MR) is 73.7 cm³/mol. The first-order chi connectivity index (χ1) is 9.18. The Morgan fingerprint density at radius 3 is 2.30 bits per heavy atom. The molecule has 1 aromatic rings. The first-order valence-corrected chi connectivity index (χ1v) is 6.82. The van der Waals surface area contributed by atoms with Gasteiger partial charge >= 0.3 is 6.18 Å². The molecule has 1 fully saturated rings. The van der Waals surface area contributed by atoms with E-state index in [4.69, 9.17) is 0 Å². The Hall–Kier alpha value is -1.07. The molecule has 20 heavy (non-hydrogen) atoms. The molecule has 1 aromatic carbocycles. The molecule has 5 heteroatoms. The van der Waals surface area contributed by atoms with Gasteiger partial charge in [-0.25, -0.2) is 0 Å². The molecule has 0 saturated carbocycles. The van der Waals surface area contributed by atoms with Crippen LogP contribution < -0.4 is 10.6 Å². The van der Waals surface area contributed by atoms with Crippen molar-refractivity contribution in [3.63, 3.8) is 0 Å². The molecule has 2 rings (SSSR count). The van der Waals surface area contributed by atoms with Crippen LogP contribution in [0.2, 0.25) is 0 Å². The fourth-order valence-corrected chi connectivity index (χ4v) is 2.21. The third-order valence-corrected chi connectivity index (χ3v) is 3.60. The van der Waals surface area contributed by atoms with Crippen molar-refractivity contribution in [1.82, 2.24) is 10.6 Å². The van der Waals surface area contributed by atoms with E-state index in [-0.39, 0.29) is 17.0 Å². The van der Waals surface area contributed by atoms with Crippen LogP contribution in [-0.2, 0) is 5.41 Å². The number of hydrogen-bond donors (Lipinski definition) is 2. The van der Waals surface area contributed by atoms with Crippen molar-refractivity contribution in [3.8, 4) is 0 Å². The van der Waals surface area contributed by atoms with Crippen molar-refractivity contribution in [3.05, 3.63) is 35.4 Å². The zero-order chi connectivity index (χ0) is 15.0. The van der Waals surface area contributed by atoms with Crippen LogP contribution in [0.4, 0.5) is 13.2 Å². The van der Waals surface area contributed by atoms with Gasteiger partial charge in [0.1, 0.15) is 6.04 Å². The van der Waals surface area contributed by atoms with E-state index in [1.807, 2.05) is 26.8 Å². The van der Waals surface area contributed by atoms with E-state index in [1.54, 1.807) is 18.2 Å². The van der Waals surface area contributed by atoms with Gasteiger partial charge in [-0.1, -0.05) is 45.0 Å². The molecule has 0 spiro atoms. The summed E-state index contributed by atoms with van der Waals surface area (Å²) >= 11 is 0. The van der Waals surface area contributed by atoms with Crippen LogP contribution in [0.25, 0.3) is 0 Å². The molecule has 1 atom stereocenters. The van der Waals surface area contributed by atoms with Gasteiger partial charge in [0, 0.05) is 19.1 Å². The Kier molecular flexibility index (Phi) is 4.12. The van der Waals surface area contributed by atoms with E-state index in [9.17, 15) is 13.2 Å². The average Bonchev–Trinajstić information content (AvgIpc) is 2.24. The lowest BCUT2D eigenvalue weighted by atomic mass is 9.85. The highest BCUT2D eigenvalue weighted by Gasteiger charge is 2.42. The van der Waals surface area contributed by atoms with Crippen molar-refractivity contribution < 1.29 is 13.2 Å². The Morgan fingerprint density at radius 2 is 1.85 bits per heavy atom. The Bertz CT molecular complexity index is 459. The minimum Gasteiger partial charge on any atom is -0.314 e. The topological polar surface area (TPSA) is 24.1 Å². The van der Waals surface area contributed by atoms with Gasteiger partial charge < -0.3 is 5.32 Å². The van der Waals surface area contributed by atoms with Crippen molar-refractivity contribution in [2.75, 3.05) is 13.1 Å². The highest BCUT2D eigenvalue weighted by molar-refractivity contribution is 5.31. The summed E-state index contributed by atoms with van der Waals surface area (Å²) in [6, 6.07) is 5.08. The summed E-state index contributed by atoms with van der Waals surface area (Å²) in [6.07, 6.45) is -4.29. The van der Waals surface area contributed by atoms with Crippen LogP contribution in [-0.4, -0.2) is 25.3 Å². The minimum atomic E-state index is -4.29. The van der Waals surface area contributed by atoms with E-state index < -0.39 is 12.2 Å². The first-order valence-electron chi connectivity index (χ1n) is 6.82. The lowest BCUT2D eigenvalue weighted by Crippen LogP contribution is -2.57. The molecule has 1 aliphatic heterocycles. The lowest BCUT2D eigenvalue weighted by Gasteiger charge is -2.34. The monoisotopic (exact) mass is 286 g/mol. The standard InChI is InChI=1S/C15H21F3N2/c1-14(2,3)11-6-4-5-10(7-11)13(15(16,17)18)20-12-8-19-9-12/h4-7,12-13,19-20H,8-9H2,1-3H3. The summed E-state index contributed by atoms with van der Waals surface area (Å²) in [4.78, 5) is 0. The van der Waals surface area contributed by atoms with Crippen LogP contribution in [0.3, 0.4) is 0 Å². The number of benzene rings is 1. The summed E-state index contributed by atoms with van der Waals surface area (Å²) < 4.78 is 39.8. The second-order valence-electron chi connectivity index (χ2n) is 6.37. The van der Waals surface area contributed by atoms with Crippen LogP contribution in [0.15, 0.2) is 24.3 Å². The summed E-state index contributed by atoms with van der Waals surface area (Å²) in [5.74, 6) is 0. The molecule has 0 aliphatic carbocycles. The van der Waals surface area contributed by atoms with Crippen molar-refractivity contribution in [2.24, 2.45) is 0 Å². The number of nitrogens with one attached hydrogen (secondary N) is 2. The molecule has 1 heterocycles. The highest BCUT2D eigenvalue weighted by Crippen LogP contribution is 2.35. The second kappa shape index (κ2) is 5.37. The van der Waals surface area contributed by atoms with E-state index in [0.29, 0.717) is 13.1 Å². The van der Waals surface area contributed by atoms with Crippen LogP contribution in [0, 0.1) is 0 Å². The van der Waals surface area contributed by atoms with Gasteiger partial charge in [0.2, 0.25) is 0 Å². The van der Waals surface area contributed by atoms with Gasteiger partial charge in [0.25, 0.3) is 0 Å². The average molecular weight is 286 g/mol. The molecule has 1 aliphatic rings. The number of hydrogen-bond acceptors (Lipinski definition) is 2. The molecular formula is C15H21F3N2. The van der Waals surface area contributed by atoms with Crippen molar-refractivity contribution >= 4 is 0 Å². The maximum atomic E-state index is 13.3. The van der Waals surface area contributed by atoms with Crippen LogP contribution in [0.1, 0.15) is 37.9 Å². The van der Waals surface area contributed by atoms with Crippen molar-refractivity contribution in [2.45, 2.75) is 44.4 Å². The summed E-state index contributed by atoms with van der Waals surface area (Å²) in [5, 5.41) is 5.68. The third kappa shape index (κ3) is 3.52. The first kappa shape index (κ1) is 15.3. The van der Waals surface area contributed by atoms with E-state index in [2.05, 4.69) is 10.6 Å². The van der Waals surface area contributed by atoms with E-state index >= 15 is 0 Å². The molecule has 2 N–H and O–H groups in total. The molecule has 0 radical (unpaired) electrons. The zero-order valence-electron chi connectivity index (χ0n) is 12.0. The van der Waals surface area contributed by atoms with Gasteiger partial charge in [-0.2, -0.15) is 13.2 Å². The zero-order valence-corrected chi connectivity index (χ0v) is 12.0. The number of rotatable bonds is 3. The van der Waals surface area contributed by atoms with Gasteiger partial charge in [0.05, 0.1) is 0 Å². The summed E-state index contributed by atoms with van der Waals surface area (Å²) in [5.41, 5.74) is 1.04. The Balaban J connectivity index is 2.28. The maximum absolute atomic E-state index is 13.3. The van der Waals surface area contributed by atoms with Gasteiger partial charge in [-0.15, -0.1) is 0 Å². The second-order valence-corrected chi connectivity index (χ2v) is 6.37. The van der Waals surface area contributed by atoms with Crippen molar-refractivity contribution in [1.29, 1.82) is 0 Å². The largest absolute Gasteiger partial charge is 0.407 e. The van der Waals surface area contributed by atoms with E-state index in [0.717, 1.165) is 5.56 Å². The number of alkyl halides is 3. The molecule has 0 aromatic heterocycles. The summed E-state index contributed by atoms with van der Waals surface area (Å²) in [7, 11) is 0. The van der Waals surface area contributed by atoms with Crippen LogP contribution in [0.5, 0.6) is 0 Å². The predicted octanol–water partition coefficient (Wildman–Crippen LogP) is 3.15. The van der Waals surface area contributed by atoms with Gasteiger partial charge in [-0.3, -0.25) is 5.32 Å². The van der Waals surface area contributed by atoms with Gasteiger partial charge in [0.15, 0.2) is 0 Å². The molecule has 0 amide bonds. The Labute approximate surface area is 117 Å². The molecule has 112 valence electrons. The quantitative estimate of drug-likeness (QED) is 0.892. The SMILES string of the molecule is CC(C)(C)c1cccc(C(NC2CNC2)C(F)(F)F)c1. The van der Waals surface area contributed by atoms with Crippen LogP contribution >= 0.6 is 0 Å². The molecule has 1 unspecified atom stereocenters. The number of halogens is 3. The fourth-order valence-electron chi connectivity index (χ4n) is 2.21. The van der Waals surface area contributed by atoms with E-state index in [1.165, 1.54) is 0 Å².